The number of carbonyl (C=O) groups excluding carboxylic acids is 2. The number of amides is 2. The molecule has 0 saturated carbocycles. The molecule has 158 valence electrons. The Morgan fingerprint density at radius 3 is 2.35 bits per heavy atom. The zero-order chi connectivity index (χ0) is 21.7. The first-order valence-corrected chi connectivity index (χ1v) is 10.2. The molecule has 6 heteroatoms. The molecule has 0 unspecified atom stereocenters. The highest BCUT2D eigenvalue weighted by Crippen LogP contribution is 2.37. The van der Waals surface area contributed by atoms with Crippen LogP contribution in [0.4, 0.5) is 5.69 Å². The number of fused-ring (bicyclic) bond motifs is 1. The molecule has 1 heterocycles. The van der Waals surface area contributed by atoms with E-state index in [4.69, 9.17) is 9.94 Å². The maximum atomic E-state index is 13.5. The van der Waals surface area contributed by atoms with Crippen molar-refractivity contribution < 1.29 is 19.5 Å². The Labute approximate surface area is 180 Å². The van der Waals surface area contributed by atoms with Crippen molar-refractivity contribution in [2.75, 3.05) is 18.5 Å². The van der Waals surface area contributed by atoms with E-state index in [0.29, 0.717) is 31.7 Å². The molecule has 0 radical (unpaired) electrons. The minimum atomic E-state index is -0.653. The molecule has 31 heavy (non-hydrogen) atoms. The molecule has 4 rings (SSSR count). The fourth-order valence-corrected chi connectivity index (χ4v) is 3.99. The number of hydroxylamine groups is 1. The van der Waals surface area contributed by atoms with Gasteiger partial charge in [0.1, 0.15) is 0 Å². The molecule has 0 atom stereocenters. The summed E-state index contributed by atoms with van der Waals surface area (Å²) in [6.45, 7) is 1.08. The molecule has 0 spiro atoms. The Morgan fingerprint density at radius 2 is 1.65 bits per heavy atom. The van der Waals surface area contributed by atoms with Crippen molar-refractivity contribution in [3.05, 3.63) is 83.9 Å². The topological polar surface area (TPSA) is 87.7 Å². The summed E-state index contributed by atoms with van der Waals surface area (Å²) in [5.41, 5.74) is 3.35. The molecule has 3 N–H and O–H groups in total. The van der Waals surface area contributed by atoms with E-state index in [2.05, 4.69) is 29.6 Å². The average molecular weight is 416 g/mol. The third-order valence-corrected chi connectivity index (χ3v) is 5.79. The molecule has 2 amide bonds. The Morgan fingerprint density at radius 1 is 0.935 bits per heavy atom. The van der Waals surface area contributed by atoms with E-state index in [1.807, 2.05) is 18.2 Å². The predicted molar refractivity (Wildman–Crippen MR) is 120 cm³/mol. The fourth-order valence-electron chi connectivity index (χ4n) is 3.99. The number of anilines is 1. The summed E-state index contributed by atoms with van der Waals surface area (Å²) >= 11 is 0. The van der Waals surface area contributed by atoms with Crippen LogP contribution in [0.15, 0.2) is 72.8 Å². The van der Waals surface area contributed by atoms with Crippen LogP contribution in [0, 0.1) is 0 Å². The number of carbonyl (C=O) groups is 2. The Balaban J connectivity index is 1.58. The van der Waals surface area contributed by atoms with Gasteiger partial charge in [-0.15, -0.1) is 0 Å². The number of hydrogen-bond acceptors (Lipinski definition) is 4. The van der Waals surface area contributed by atoms with Gasteiger partial charge in [-0.25, -0.2) is 5.48 Å². The minimum Gasteiger partial charge on any atom is -0.381 e. The standard InChI is InChI=1S/C25H24N2O4/c28-23(27-30)12-7-18-5-10-22(11-6-18)26-24(29)25(13-15-31-16-14-25)21-9-8-19-3-1-2-4-20(19)17-21/h1-12,17,30H,13-16H2,(H,26,29)(H,27,28)/b12-7+. The summed E-state index contributed by atoms with van der Waals surface area (Å²) in [6.07, 6.45) is 4.04. The van der Waals surface area contributed by atoms with Crippen LogP contribution >= 0.6 is 0 Å². The van der Waals surface area contributed by atoms with E-state index in [-0.39, 0.29) is 5.91 Å². The van der Waals surface area contributed by atoms with E-state index in [0.717, 1.165) is 21.9 Å². The van der Waals surface area contributed by atoms with E-state index in [1.165, 1.54) is 6.08 Å². The van der Waals surface area contributed by atoms with E-state index in [1.54, 1.807) is 35.8 Å². The quantitative estimate of drug-likeness (QED) is 0.333. The predicted octanol–water partition coefficient (Wildman–Crippen LogP) is 4.05. The normalized spacial score (nSPS) is 15.6. The lowest BCUT2D eigenvalue weighted by Gasteiger charge is -2.36. The molecule has 1 aliphatic rings. The first-order valence-electron chi connectivity index (χ1n) is 10.2. The third-order valence-electron chi connectivity index (χ3n) is 5.79. The third kappa shape index (κ3) is 4.50. The Kier molecular flexibility index (Phi) is 6.11. The molecule has 0 aliphatic carbocycles. The monoisotopic (exact) mass is 416 g/mol. The maximum absolute atomic E-state index is 13.5. The van der Waals surface area contributed by atoms with Crippen molar-refractivity contribution in [2.45, 2.75) is 18.3 Å². The van der Waals surface area contributed by atoms with Gasteiger partial charge in [0.05, 0.1) is 5.41 Å². The van der Waals surface area contributed by atoms with Gasteiger partial charge in [0.15, 0.2) is 0 Å². The lowest BCUT2D eigenvalue weighted by molar-refractivity contribution is -0.125. The van der Waals surface area contributed by atoms with Gasteiger partial charge >= 0.3 is 0 Å². The van der Waals surface area contributed by atoms with Crippen LogP contribution in [0.1, 0.15) is 24.0 Å². The van der Waals surface area contributed by atoms with Crippen molar-refractivity contribution in [2.24, 2.45) is 0 Å². The van der Waals surface area contributed by atoms with Gasteiger partial charge in [0, 0.05) is 25.0 Å². The van der Waals surface area contributed by atoms with Gasteiger partial charge in [-0.2, -0.15) is 0 Å². The maximum Gasteiger partial charge on any atom is 0.267 e. The lowest BCUT2D eigenvalue weighted by Crippen LogP contribution is -2.44. The molecule has 6 nitrogen and oxygen atoms in total. The SMILES string of the molecule is O=C(/C=C/c1ccc(NC(=O)C2(c3ccc4ccccc4c3)CCOCC2)cc1)NO. The highest BCUT2D eigenvalue weighted by atomic mass is 16.5. The second-order valence-corrected chi connectivity index (χ2v) is 7.64. The van der Waals surface area contributed by atoms with Gasteiger partial charge in [0.25, 0.3) is 5.91 Å². The van der Waals surface area contributed by atoms with E-state index >= 15 is 0 Å². The molecular weight excluding hydrogens is 392 g/mol. The number of hydrogen-bond donors (Lipinski definition) is 3. The summed E-state index contributed by atoms with van der Waals surface area (Å²) < 4.78 is 5.57. The van der Waals surface area contributed by atoms with Crippen molar-refractivity contribution in [1.82, 2.24) is 5.48 Å². The molecule has 1 fully saturated rings. The first-order chi connectivity index (χ1) is 15.1. The zero-order valence-electron chi connectivity index (χ0n) is 17.0. The minimum absolute atomic E-state index is 0.0472. The lowest BCUT2D eigenvalue weighted by atomic mass is 9.73. The molecule has 0 aromatic heterocycles. The largest absolute Gasteiger partial charge is 0.381 e. The van der Waals surface area contributed by atoms with Crippen molar-refractivity contribution in [1.29, 1.82) is 0 Å². The fraction of sp³-hybridized carbons (Fsp3) is 0.200. The summed E-state index contributed by atoms with van der Waals surface area (Å²) in [7, 11) is 0. The summed E-state index contributed by atoms with van der Waals surface area (Å²) in [5.74, 6) is -0.650. The summed E-state index contributed by atoms with van der Waals surface area (Å²) in [4.78, 5) is 24.6. The first kappa shape index (κ1) is 20.8. The second-order valence-electron chi connectivity index (χ2n) is 7.64. The van der Waals surface area contributed by atoms with E-state index in [9.17, 15) is 9.59 Å². The molecule has 1 aliphatic heterocycles. The number of benzene rings is 3. The highest BCUT2D eigenvalue weighted by Gasteiger charge is 2.41. The van der Waals surface area contributed by atoms with Gasteiger partial charge in [-0.3, -0.25) is 14.8 Å². The van der Waals surface area contributed by atoms with Crippen LogP contribution in [0.25, 0.3) is 16.8 Å². The van der Waals surface area contributed by atoms with Gasteiger partial charge in [-0.05, 0) is 52.9 Å². The average Bonchev–Trinajstić information content (AvgIpc) is 2.83. The molecule has 1 saturated heterocycles. The summed E-state index contributed by atoms with van der Waals surface area (Å²) in [5, 5.41) is 13.9. The summed E-state index contributed by atoms with van der Waals surface area (Å²) in [6, 6.07) is 21.5. The molecule has 3 aromatic carbocycles. The number of ether oxygens (including phenoxy) is 1. The Bertz CT molecular complexity index is 1120. The van der Waals surface area contributed by atoms with Crippen molar-refractivity contribution >= 4 is 34.4 Å². The number of rotatable bonds is 5. The van der Waals surface area contributed by atoms with Gasteiger partial charge < -0.3 is 10.1 Å². The smallest absolute Gasteiger partial charge is 0.267 e. The molecule has 0 bridgehead atoms. The van der Waals surface area contributed by atoms with Gasteiger partial charge in [-0.1, -0.05) is 54.6 Å². The van der Waals surface area contributed by atoms with Crippen LogP contribution in [-0.4, -0.2) is 30.2 Å². The van der Waals surface area contributed by atoms with Crippen LogP contribution in [0.3, 0.4) is 0 Å². The van der Waals surface area contributed by atoms with Crippen LogP contribution in [0.5, 0.6) is 0 Å². The second kappa shape index (κ2) is 9.12. The van der Waals surface area contributed by atoms with Gasteiger partial charge in [0.2, 0.25) is 5.91 Å². The Hall–Kier alpha value is -3.48. The number of nitrogens with one attached hydrogen (secondary N) is 2. The zero-order valence-corrected chi connectivity index (χ0v) is 17.0. The van der Waals surface area contributed by atoms with Crippen LogP contribution in [0.2, 0.25) is 0 Å². The molecule has 3 aromatic rings. The van der Waals surface area contributed by atoms with Crippen molar-refractivity contribution in [3.63, 3.8) is 0 Å². The molecular formula is C25H24N2O4. The van der Waals surface area contributed by atoms with Crippen molar-refractivity contribution in [3.8, 4) is 0 Å². The highest BCUT2D eigenvalue weighted by molar-refractivity contribution is 6.00. The van der Waals surface area contributed by atoms with E-state index < -0.39 is 11.3 Å². The van der Waals surface area contributed by atoms with Crippen LogP contribution in [-0.2, 0) is 19.7 Å². The van der Waals surface area contributed by atoms with Crippen LogP contribution < -0.4 is 10.8 Å².